The molecule has 0 spiro atoms. The Kier molecular flexibility index (Phi) is 5.73. The third-order valence-electron chi connectivity index (χ3n) is 4.33. The van der Waals surface area contributed by atoms with Crippen molar-refractivity contribution in [1.82, 2.24) is 4.90 Å². The molecule has 2 amide bonds. The van der Waals surface area contributed by atoms with Crippen LogP contribution in [0.3, 0.4) is 0 Å². The standard InChI is InChI=1S/C20H23N3O3/c1-26-18-9-7-16(8-10-18)21-14-19(24)22-17-6-4-5-15(13-17)20(25)23-11-2-3-12-23/h4-10,13,21H,2-3,11-12,14H2,1H3,(H,22,24). The third kappa shape index (κ3) is 4.53. The molecule has 0 unspecified atom stereocenters. The van der Waals surface area contributed by atoms with Gasteiger partial charge in [0.25, 0.3) is 5.91 Å². The number of methoxy groups -OCH3 is 1. The lowest BCUT2D eigenvalue weighted by molar-refractivity contribution is -0.114. The maximum atomic E-state index is 12.4. The Balaban J connectivity index is 1.55. The van der Waals surface area contributed by atoms with Crippen molar-refractivity contribution in [1.29, 1.82) is 0 Å². The van der Waals surface area contributed by atoms with Gasteiger partial charge in [0.1, 0.15) is 5.75 Å². The van der Waals surface area contributed by atoms with E-state index < -0.39 is 0 Å². The van der Waals surface area contributed by atoms with Gasteiger partial charge in [-0.1, -0.05) is 6.07 Å². The maximum Gasteiger partial charge on any atom is 0.253 e. The average molecular weight is 353 g/mol. The molecule has 1 aliphatic rings. The second kappa shape index (κ2) is 8.38. The van der Waals surface area contributed by atoms with Crippen LogP contribution in [-0.4, -0.2) is 43.5 Å². The number of benzene rings is 2. The number of ether oxygens (including phenoxy) is 1. The van der Waals surface area contributed by atoms with Crippen LogP contribution in [0.5, 0.6) is 5.75 Å². The Bertz CT molecular complexity index is 768. The Morgan fingerprint density at radius 3 is 2.46 bits per heavy atom. The van der Waals surface area contributed by atoms with Gasteiger partial charge < -0.3 is 20.3 Å². The highest BCUT2D eigenvalue weighted by Crippen LogP contribution is 2.17. The number of likely N-dealkylation sites (tertiary alicyclic amines) is 1. The van der Waals surface area contributed by atoms with Gasteiger partial charge in [0.2, 0.25) is 5.91 Å². The molecule has 0 radical (unpaired) electrons. The predicted octanol–water partition coefficient (Wildman–Crippen LogP) is 2.98. The van der Waals surface area contributed by atoms with E-state index in [9.17, 15) is 9.59 Å². The van der Waals surface area contributed by atoms with Gasteiger partial charge in [-0.05, 0) is 55.3 Å². The highest BCUT2D eigenvalue weighted by atomic mass is 16.5. The first-order valence-corrected chi connectivity index (χ1v) is 8.73. The van der Waals surface area contributed by atoms with Gasteiger partial charge in [-0.15, -0.1) is 0 Å². The third-order valence-corrected chi connectivity index (χ3v) is 4.33. The molecule has 1 heterocycles. The molecule has 0 aromatic heterocycles. The van der Waals surface area contributed by atoms with Crippen molar-refractivity contribution >= 4 is 23.2 Å². The fourth-order valence-electron chi connectivity index (χ4n) is 2.93. The second-order valence-electron chi connectivity index (χ2n) is 6.21. The van der Waals surface area contributed by atoms with E-state index in [2.05, 4.69) is 10.6 Å². The van der Waals surface area contributed by atoms with Crippen LogP contribution in [0.1, 0.15) is 23.2 Å². The topological polar surface area (TPSA) is 70.7 Å². The minimum Gasteiger partial charge on any atom is -0.497 e. The minimum absolute atomic E-state index is 0.0231. The quantitative estimate of drug-likeness (QED) is 0.838. The van der Waals surface area contributed by atoms with Crippen LogP contribution in [0.4, 0.5) is 11.4 Å². The van der Waals surface area contributed by atoms with Crippen molar-refractivity contribution in [2.75, 3.05) is 37.4 Å². The SMILES string of the molecule is COc1ccc(NCC(=O)Nc2cccc(C(=O)N3CCCC3)c2)cc1. The predicted molar refractivity (Wildman–Crippen MR) is 102 cm³/mol. The van der Waals surface area contributed by atoms with Gasteiger partial charge in [0.05, 0.1) is 13.7 Å². The van der Waals surface area contributed by atoms with E-state index >= 15 is 0 Å². The number of amides is 2. The maximum absolute atomic E-state index is 12.4. The summed E-state index contributed by atoms with van der Waals surface area (Å²) in [5, 5.41) is 5.88. The van der Waals surface area contributed by atoms with Gasteiger partial charge in [-0.3, -0.25) is 9.59 Å². The molecule has 0 bridgehead atoms. The lowest BCUT2D eigenvalue weighted by atomic mass is 10.1. The molecule has 0 aliphatic carbocycles. The summed E-state index contributed by atoms with van der Waals surface area (Å²) < 4.78 is 5.10. The van der Waals surface area contributed by atoms with Crippen molar-refractivity contribution in [2.45, 2.75) is 12.8 Å². The van der Waals surface area contributed by atoms with E-state index in [1.165, 1.54) is 0 Å². The Labute approximate surface area is 153 Å². The fourth-order valence-corrected chi connectivity index (χ4v) is 2.93. The second-order valence-corrected chi connectivity index (χ2v) is 6.21. The molecular formula is C20H23N3O3. The first-order valence-electron chi connectivity index (χ1n) is 8.73. The van der Waals surface area contributed by atoms with Gasteiger partial charge in [0, 0.05) is 30.0 Å². The average Bonchev–Trinajstić information content (AvgIpc) is 3.21. The van der Waals surface area contributed by atoms with E-state index in [0.717, 1.165) is 37.4 Å². The molecule has 6 nitrogen and oxygen atoms in total. The van der Waals surface area contributed by atoms with E-state index in [-0.39, 0.29) is 18.4 Å². The molecule has 2 aromatic carbocycles. The zero-order chi connectivity index (χ0) is 18.4. The van der Waals surface area contributed by atoms with E-state index in [0.29, 0.717) is 11.3 Å². The number of hydrogen-bond donors (Lipinski definition) is 2. The zero-order valence-corrected chi connectivity index (χ0v) is 14.8. The highest BCUT2D eigenvalue weighted by molar-refractivity contribution is 5.98. The number of hydrogen-bond acceptors (Lipinski definition) is 4. The highest BCUT2D eigenvalue weighted by Gasteiger charge is 2.19. The van der Waals surface area contributed by atoms with E-state index in [1.54, 1.807) is 31.4 Å². The van der Waals surface area contributed by atoms with Crippen LogP contribution < -0.4 is 15.4 Å². The van der Waals surface area contributed by atoms with Crippen molar-refractivity contribution in [2.24, 2.45) is 0 Å². The lowest BCUT2D eigenvalue weighted by Crippen LogP contribution is -2.27. The van der Waals surface area contributed by atoms with Crippen molar-refractivity contribution in [3.05, 3.63) is 54.1 Å². The molecule has 26 heavy (non-hydrogen) atoms. The Morgan fingerprint density at radius 1 is 1.04 bits per heavy atom. The van der Waals surface area contributed by atoms with Crippen LogP contribution in [0.15, 0.2) is 48.5 Å². The Morgan fingerprint density at radius 2 is 1.77 bits per heavy atom. The summed E-state index contributed by atoms with van der Waals surface area (Å²) in [6, 6.07) is 14.4. The van der Waals surface area contributed by atoms with Crippen molar-refractivity contribution in [3.63, 3.8) is 0 Å². The van der Waals surface area contributed by atoms with Crippen molar-refractivity contribution in [3.8, 4) is 5.75 Å². The van der Waals surface area contributed by atoms with Gasteiger partial charge in [0.15, 0.2) is 0 Å². The minimum atomic E-state index is -0.174. The van der Waals surface area contributed by atoms with E-state index in [4.69, 9.17) is 4.74 Å². The molecule has 1 fully saturated rings. The zero-order valence-electron chi connectivity index (χ0n) is 14.8. The largest absolute Gasteiger partial charge is 0.497 e. The molecule has 0 saturated carbocycles. The molecule has 1 aliphatic heterocycles. The molecule has 1 saturated heterocycles. The van der Waals surface area contributed by atoms with Crippen LogP contribution in [0.25, 0.3) is 0 Å². The monoisotopic (exact) mass is 353 g/mol. The summed E-state index contributed by atoms with van der Waals surface area (Å²) >= 11 is 0. The first-order chi connectivity index (χ1) is 12.7. The number of rotatable bonds is 6. The fraction of sp³-hybridized carbons (Fsp3) is 0.300. The van der Waals surface area contributed by atoms with Crippen LogP contribution in [0.2, 0.25) is 0 Å². The Hall–Kier alpha value is -3.02. The van der Waals surface area contributed by atoms with Crippen LogP contribution >= 0.6 is 0 Å². The summed E-state index contributed by atoms with van der Waals surface area (Å²) in [7, 11) is 1.61. The number of nitrogens with one attached hydrogen (secondary N) is 2. The molecular weight excluding hydrogens is 330 g/mol. The molecule has 2 aromatic rings. The number of carbonyl (C=O) groups is 2. The van der Waals surface area contributed by atoms with Gasteiger partial charge >= 0.3 is 0 Å². The molecule has 3 rings (SSSR count). The van der Waals surface area contributed by atoms with Crippen LogP contribution in [-0.2, 0) is 4.79 Å². The first kappa shape index (κ1) is 17.8. The summed E-state index contributed by atoms with van der Waals surface area (Å²) in [5.41, 5.74) is 2.06. The summed E-state index contributed by atoms with van der Waals surface area (Å²) in [6.45, 7) is 1.75. The summed E-state index contributed by atoms with van der Waals surface area (Å²) in [6.07, 6.45) is 2.11. The van der Waals surface area contributed by atoms with Gasteiger partial charge in [-0.25, -0.2) is 0 Å². The van der Waals surface area contributed by atoms with Gasteiger partial charge in [-0.2, -0.15) is 0 Å². The molecule has 2 N–H and O–H groups in total. The van der Waals surface area contributed by atoms with Crippen molar-refractivity contribution < 1.29 is 14.3 Å². The lowest BCUT2D eigenvalue weighted by Gasteiger charge is -2.16. The smallest absolute Gasteiger partial charge is 0.253 e. The molecule has 0 atom stereocenters. The number of nitrogens with zero attached hydrogens (tertiary/aromatic N) is 1. The molecule has 6 heteroatoms. The molecule has 136 valence electrons. The van der Waals surface area contributed by atoms with Crippen LogP contribution in [0, 0.1) is 0 Å². The summed E-state index contributed by atoms with van der Waals surface area (Å²) in [5.74, 6) is 0.612. The number of carbonyl (C=O) groups excluding carboxylic acids is 2. The normalized spacial score (nSPS) is 13.3. The van der Waals surface area contributed by atoms with E-state index in [1.807, 2.05) is 29.2 Å². The summed E-state index contributed by atoms with van der Waals surface area (Å²) in [4.78, 5) is 26.4. The number of anilines is 2.